The van der Waals surface area contributed by atoms with Crippen LogP contribution in [-0.2, 0) is 28.4 Å². The van der Waals surface area contributed by atoms with E-state index in [2.05, 4.69) is 0 Å². The predicted molar refractivity (Wildman–Crippen MR) is 120 cm³/mol. The number of hydrogen-bond acceptors (Lipinski definition) is 9. The minimum absolute atomic E-state index is 0.0582. The summed E-state index contributed by atoms with van der Waals surface area (Å²) < 4.78 is 31.9. The molecule has 0 heterocycles. The Bertz CT molecular complexity index is 762. The molecule has 0 bridgehead atoms. The molecule has 0 aromatic heterocycles. The topological polar surface area (TPSA) is 107 Å². The number of esters is 3. The quantitative estimate of drug-likeness (QED) is 0.209. The monoisotopic (exact) mass is 468 g/mol. The molecule has 9 heteroatoms. The van der Waals surface area contributed by atoms with Crippen molar-refractivity contribution in [3.05, 3.63) is 34.9 Å². The third-order valence-corrected chi connectivity index (χ3v) is 4.18. The Morgan fingerprint density at radius 3 is 1.45 bits per heavy atom. The lowest BCUT2D eigenvalue weighted by Crippen LogP contribution is -2.24. The Morgan fingerprint density at radius 1 is 0.636 bits per heavy atom. The summed E-state index contributed by atoms with van der Waals surface area (Å²) >= 11 is 0. The maximum absolute atomic E-state index is 12.8. The fraction of sp³-hybridized carbons (Fsp3) is 0.625. The Balaban J connectivity index is 3.12. The second kappa shape index (κ2) is 15.4. The van der Waals surface area contributed by atoms with Crippen LogP contribution < -0.4 is 0 Å². The Labute approximate surface area is 195 Å². The second-order valence-electron chi connectivity index (χ2n) is 7.29. The van der Waals surface area contributed by atoms with Gasteiger partial charge in [0.05, 0.1) is 36.5 Å². The molecule has 1 rings (SSSR count). The molecule has 0 aliphatic carbocycles. The van der Waals surface area contributed by atoms with E-state index < -0.39 is 36.8 Å². The molecule has 0 saturated heterocycles. The van der Waals surface area contributed by atoms with Crippen LogP contribution >= 0.6 is 0 Å². The SMILES string of the molecule is CCCOC(C)OC(=O)c1ccc(C(=O)OC(C)OCCC)c(C(=O)OC(C)OCCC)c1. The van der Waals surface area contributed by atoms with E-state index in [0.717, 1.165) is 19.3 Å². The molecule has 0 aliphatic rings. The molecule has 0 N–H and O–H groups in total. The van der Waals surface area contributed by atoms with Gasteiger partial charge in [-0.2, -0.15) is 0 Å². The highest BCUT2D eigenvalue weighted by molar-refractivity contribution is 6.05. The molecule has 1 aromatic carbocycles. The fourth-order valence-corrected chi connectivity index (χ4v) is 2.62. The molecule has 0 spiro atoms. The number of ether oxygens (including phenoxy) is 6. The lowest BCUT2D eigenvalue weighted by molar-refractivity contribution is -0.100. The number of benzene rings is 1. The first-order valence-corrected chi connectivity index (χ1v) is 11.3. The smallest absolute Gasteiger partial charge is 0.341 e. The van der Waals surface area contributed by atoms with Crippen molar-refractivity contribution in [2.24, 2.45) is 0 Å². The minimum atomic E-state index is -0.841. The Kier molecular flexibility index (Phi) is 13.3. The van der Waals surface area contributed by atoms with E-state index >= 15 is 0 Å². The van der Waals surface area contributed by atoms with Crippen LogP contribution in [0.15, 0.2) is 18.2 Å². The largest absolute Gasteiger partial charge is 0.432 e. The van der Waals surface area contributed by atoms with Crippen LogP contribution in [0, 0.1) is 0 Å². The van der Waals surface area contributed by atoms with Crippen molar-refractivity contribution in [2.75, 3.05) is 19.8 Å². The summed E-state index contributed by atoms with van der Waals surface area (Å²) in [4.78, 5) is 38.0. The van der Waals surface area contributed by atoms with Crippen LogP contribution in [0.2, 0.25) is 0 Å². The van der Waals surface area contributed by atoms with Gasteiger partial charge in [0.2, 0.25) is 0 Å². The van der Waals surface area contributed by atoms with Crippen molar-refractivity contribution in [1.29, 1.82) is 0 Å². The molecule has 0 radical (unpaired) electrons. The van der Waals surface area contributed by atoms with Gasteiger partial charge in [0.1, 0.15) is 0 Å². The molecule has 3 unspecified atom stereocenters. The van der Waals surface area contributed by atoms with Crippen molar-refractivity contribution < 1.29 is 42.8 Å². The van der Waals surface area contributed by atoms with Crippen LogP contribution in [0.25, 0.3) is 0 Å². The zero-order valence-electron chi connectivity index (χ0n) is 20.4. The summed E-state index contributed by atoms with van der Waals surface area (Å²) in [7, 11) is 0. The Morgan fingerprint density at radius 2 is 1.03 bits per heavy atom. The predicted octanol–water partition coefficient (Wildman–Crippen LogP) is 4.47. The molecule has 0 aliphatic heterocycles. The summed E-state index contributed by atoms with van der Waals surface area (Å²) in [5.74, 6) is -2.33. The van der Waals surface area contributed by atoms with Crippen LogP contribution in [-0.4, -0.2) is 56.6 Å². The highest BCUT2D eigenvalue weighted by Gasteiger charge is 2.25. The van der Waals surface area contributed by atoms with Crippen LogP contribution in [0.3, 0.4) is 0 Å². The van der Waals surface area contributed by atoms with Gasteiger partial charge in [-0.15, -0.1) is 0 Å². The van der Waals surface area contributed by atoms with Gasteiger partial charge in [0.25, 0.3) is 0 Å². The lowest BCUT2D eigenvalue weighted by atomic mass is 10.0. The Hall–Kier alpha value is -2.49. The van der Waals surface area contributed by atoms with Gasteiger partial charge in [-0.1, -0.05) is 20.8 Å². The zero-order chi connectivity index (χ0) is 24.8. The summed E-state index contributed by atoms with van der Waals surface area (Å²) in [6, 6.07) is 3.92. The van der Waals surface area contributed by atoms with Gasteiger partial charge >= 0.3 is 17.9 Å². The maximum Gasteiger partial charge on any atom is 0.341 e. The van der Waals surface area contributed by atoms with Crippen molar-refractivity contribution in [3.63, 3.8) is 0 Å². The summed E-state index contributed by atoms with van der Waals surface area (Å²) in [5, 5.41) is 0. The number of hydrogen-bond donors (Lipinski definition) is 0. The van der Waals surface area contributed by atoms with Crippen molar-refractivity contribution in [1.82, 2.24) is 0 Å². The zero-order valence-corrected chi connectivity index (χ0v) is 20.4. The summed E-state index contributed by atoms with van der Waals surface area (Å²) in [6.45, 7) is 11.8. The molecule has 1 aromatic rings. The van der Waals surface area contributed by atoms with Gasteiger partial charge < -0.3 is 28.4 Å². The van der Waals surface area contributed by atoms with Gasteiger partial charge in [-0.3, -0.25) is 0 Å². The molecule has 0 fully saturated rings. The van der Waals surface area contributed by atoms with Crippen molar-refractivity contribution in [2.45, 2.75) is 79.7 Å². The average Bonchev–Trinajstić information content (AvgIpc) is 2.79. The third-order valence-electron chi connectivity index (χ3n) is 4.18. The maximum atomic E-state index is 12.8. The van der Waals surface area contributed by atoms with E-state index in [0.29, 0.717) is 19.8 Å². The molecule has 3 atom stereocenters. The van der Waals surface area contributed by atoms with Gasteiger partial charge in [-0.05, 0) is 58.2 Å². The number of carbonyl (C=O) groups excluding carboxylic acids is 3. The van der Waals surface area contributed by atoms with Crippen LogP contribution in [0.1, 0.15) is 91.9 Å². The summed E-state index contributed by atoms with van der Waals surface area (Å²) in [5.41, 5.74) is -0.157. The normalized spacial score (nSPS) is 13.6. The molecule has 33 heavy (non-hydrogen) atoms. The van der Waals surface area contributed by atoms with Gasteiger partial charge in [0, 0.05) is 0 Å². The molecule has 9 nitrogen and oxygen atoms in total. The first-order valence-electron chi connectivity index (χ1n) is 11.3. The molecule has 0 saturated carbocycles. The van der Waals surface area contributed by atoms with Gasteiger partial charge in [-0.25, -0.2) is 14.4 Å². The van der Waals surface area contributed by atoms with E-state index in [1.54, 1.807) is 20.8 Å². The minimum Gasteiger partial charge on any atom is -0.432 e. The average molecular weight is 469 g/mol. The summed E-state index contributed by atoms with van der Waals surface area (Å²) in [6.07, 6.45) is -0.147. The van der Waals surface area contributed by atoms with E-state index in [1.807, 2.05) is 20.8 Å². The lowest BCUT2D eigenvalue weighted by Gasteiger charge is -2.18. The first-order chi connectivity index (χ1) is 15.7. The highest BCUT2D eigenvalue weighted by Crippen LogP contribution is 2.18. The number of carbonyl (C=O) groups is 3. The highest BCUT2D eigenvalue weighted by atomic mass is 16.7. The van der Waals surface area contributed by atoms with E-state index in [9.17, 15) is 14.4 Å². The second-order valence-corrected chi connectivity index (χ2v) is 7.29. The van der Waals surface area contributed by atoms with E-state index in [1.165, 1.54) is 18.2 Å². The van der Waals surface area contributed by atoms with E-state index in [-0.39, 0.29) is 16.7 Å². The fourth-order valence-electron chi connectivity index (χ4n) is 2.62. The molecule has 186 valence electrons. The molecule has 0 amide bonds. The third kappa shape index (κ3) is 10.3. The first kappa shape index (κ1) is 28.5. The van der Waals surface area contributed by atoms with Crippen LogP contribution in [0.5, 0.6) is 0 Å². The van der Waals surface area contributed by atoms with Crippen molar-refractivity contribution >= 4 is 17.9 Å². The van der Waals surface area contributed by atoms with Crippen molar-refractivity contribution in [3.8, 4) is 0 Å². The molecular weight excluding hydrogens is 432 g/mol. The standard InChI is InChI=1S/C24H36O9/c1-7-12-28-16(4)31-22(25)19-10-11-20(23(26)32-17(5)29-13-8-2)21(15-19)24(27)33-18(6)30-14-9-3/h10-11,15-18H,7-9,12-14H2,1-6H3. The molecular formula is C24H36O9. The number of rotatable bonds is 15. The van der Waals surface area contributed by atoms with E-state index in [4.69, 9.17) is 28.4 Å². The van der Waals surface area contributed by atoms with Gasteiger partial charge in [0.15, 0.2) is 18.9 Å². The van der Waals surface area contributed by atoms with Crippen LogP contribution in [0.4, 0.5) is 0 Å².